The van der Waals surface area contributed by atoms with Crippen molar-refractivity contribution in [2.75, 3.05) is 65.6 Å². The van der Waals surface area contributed by atoms with Gasteiger partial charge in [-0.3, -0.25) is 48.5 Å². The highest BCUT2D eigenvalue weighted by Gasteiger charge is 2.29. The van der Waals surface area contributed by atoms with E-state index in [1.807, 2.05) is 110 Å². The van der Waals surface area contributed by atoms with E-state index in [1.54, 1.807) is 6.07 Å². The van der Waals surface area contributed by atoms with Crippen molar-refractivity contribution in [1.29, 1.82) is 0 Å². The molecule has 0 spiro atoms. The number of likely N-dealkylation sites (tertiary alicyclic amines) is 4. The van der Waals surface area contributed by atoms with Crippen LogP contribution in [-0.4, -0.2) is 160 Å². The van der Waals surface area contributed by atoms with Gasteiger partial charge in [0.25, 0.3) is 27.8 Å². The van der Waals surface area contributed by atoms with E-state index in [0.29, 0.717) is 5.39 Å². The van der Waals surface area contributed by atoms with Gasteiger partial charge in [0, 0.05) is 134 Å². The summed E-state index contributed by atoms with van der Waals surface area (Å²) in [4.78, 5) is 87.1. The highest BCUT2D eigenvalue weighted by molar-refractivity contribution is 5.89. The molecular weight excluding hydrogens is 1360 g/mol. The zero-order valence-corrected chi connectivity index (χ0v) is 63.1. The third kappa shape index (κ3) is 18.3. The second-order valence-electron chi connectivity index (χ2n) is 29.3. The number of aromatic nitrogens is 5. The minimum absolute atomic E-state index is 0.00803. The first-order valence-corrected chi connectivity index (χ1v) is 38.8. The van der Waals surface area contributed by atoms with E-state index < -0.39 is 0 Å². The van der Waals surface area contributed by atoms with E-state index >= 15 is 0 Å². The van der Waals surface area contributed by atoms with Gasteiger partial charge < -0.3 is 45.3 Å². The second-order valence-corrected chi connectivity index (χ2v) is 29.3. The van der Waals surface area contributed by atoms with Gasteiger partial charge in [-0.25, -0.2) is 4.39 Å². The van der Waals surface area contributed by atoms with Crippen molar-refractivity contribution in [1.82, 2.24) is 49.4 Å². The number of aryl methyl sites for hydroxylation is 5. The molecule has 0 bridgehead atoms. The number of aliphatic hydroxyl groups is 4. The zero-order chi connectivity index (χ0) is 76.0. The first-order valence-electron chi connectivity index (χ1n) is 38.8. The maximum atomic E-state index is 13.5. The first-order chi connectivity index (χ1) is 52.5. The minimum atomic E-state index is -0.383. The number of hydrogen-bond acceptors (Lipinski definition) is 14. The molecule has 20 heteroatoms. The molecule has 568 valence electrons. The molecule has 5 aromatic heterocycles. The number of nitrogens with one attached hydrogen (secondary N) is 5. The molecule has 4 fully saturated rings. The molecule has 16 rings (SSSR count). The van der Waals surface area contributed by atoms with Crippen LogP contribution < -0.4 is 27.8 Å². The molecule has 19 nitrogen and oxygen atoms in total. The molecule has 9 N–H and O–H groups in total. The fourth-order valence-corrected chi connectivity index (χ4v) is 16.5. The van der Waals surface area contributed by atoms with E-state index in [-0.39, 0.29) is 71.1 Å². The van der Waals surface area contributed by atoms with Gasteiger partial charge >= 0.3 is 0 Å². The summed E-state index contributed by atoms with van der Waals surface area (Å²) in [5, 5.41) is 46.7. The summed E-state index contributed by atoms with van der Waals surface area (Å²) in [6.07, 6.45) is 12.1. The maximum Gasteiger partial charge on any atom is 0.256 e. The van der Waals surface area contributed by atoms with Gasteiger partial charge in [-0.1, -0.05) is 143 Å². The number of halogens is 1. The summed E-state index contributed by atoms with van der Waals surface area (Å²) in [7, 11) is 0. The lowest BCUT2D eigenvalue weighted by Crippen LogP contribution is -2.32. The summed E-state index contributed by atoms with van der Waals surface area (Å²) in [6.45, 7) is 21.6. The fraction of sp³-hybridized carbons (Fsp3) is 0.398. The number of rotatable bonds is 17. The highest BCUT2D eigenvalue weighted by Crippen LogP contribution is 2.31. The average Bonchev–Trinajstić information content (AvgIpc) is 1.17. The summed E-state index contributed by atoms with van der Waals surface area (Å²) < 4.78 is 13.5. The fourth-order valence-electron chi connectivity index (χ4n) is 16.5. The smallest absolute Gasteiger partial charge is 0.256 e. The Morgan fingerprint density at radius 3 is 1.12 bits per heavy atom. The summed E-state index contributed by atoms with van der Waals surface area (Å²) >= 11 is 0. The highest BCUT2D eigenvalue weighted by atomic mass is 19.1. The van der Waals surface area contributed by atoms with E-state index in [4.69, 9.17) is 0 Å². The molecule has 11 aromatic rings. The van der Waals surface area contributed by atoms with Crippen LogP contribution >= 0.6 is 0 Å². The number of aromatic amines is 5. The number of pyridine rings is 5. The number of β-amino-alcohol motifs (C(OH)–C–C–N with tert-alkyl or cyclic N) is 2. The van der Waals surface area contributed by atoms with Crippen LogP contribution in [0.3, 0.4) is 0 Å². The quantitative estimate of drug-likeness (QED) is 0.0411. The number of aliphatic hydroxyl groups excluding tert-OH is 4. The van der Waals surface area contributed by atoms with Crippen LogP contribution in [-0.2, 0) is 58.4 Å². The molecule has 108 heavy (non-hydrogen) atoms. The Hall–Kier alpha value is -9.32. The third-order valence-electron chi connectivity index (χ3n) is 22.4. The summed E-state index contributed by atoms with van der Waals surface area (Å²) in [6, 6.07) is 46.5. The van der Waals surface area contributed by atoms with Crippen LogP contribution in [0.2, 0.25) is 0 Å². The lowest BCUT2D eigenvalue weighted by molar-refractivity contribution is 0.153. The molecular formula is C88H105FN10O9. The standard InChI is InChI=1S/C22H21FN2O.2C17H22N2O2.2C16H20N2O2/c1-15-21(19-8-7-18(23)13-20(19)22(26)24-15)14-25-11-9-17(10-12-25)16-5-3-2-4-6-16;2*1-2-16-15(10-19-9-5-6-12(19)11-20)13-7-3-4-8-14(13)17(21)18-16;2*1-2-15-14(10-18-8-7-11(19)9-18)12-5-3-4-6-13(12)16(20)17-15/h2-9,13H,10-12,14H2,1H3,(H,24,26);2*3-4,7-8,12,20H,2,5-6,9-11H2,1H3,(H,18,21);2*3-6,11,19H,2,7-10H2,1H3,(H,17,20)/t;2*12-;2*11-/m.1010/s1. The third-order valence-corrected chi connectivity index (χ3v) is 22.4. The van der Waals surface area contributed by atoms with Gasteiger partial charge in [0.1, 0.15) is 5.82 Å². The van der Waals surface area contributed by atoms with Gasteiger partial charge in [0.15, 0.2) is 0 Å². The maximum absolute atomic E-state index is 13.5. The number of H-pyrrole nitrogens is 5. The van der Waals surface area contributed by atoms with Gasteiger partial charge in [-0.2, -0.15) is 0 Å². The van der Waals surface area contributed by atoms with Gasteiger partial charge in [0.2, 0.25) is 0 Å². The average molecular weight is 1470 g/mol. The van der Waals surface area contributed by atoms with E-state index in [9.17, 15) is 48.8 Å². The van der Waals surface area contributed by atoms with Gasteiger partial charge in [-0.15, -0.1) is 0 Å². The largest absolute Gasteiger partial charge is 0.395 e. The molecule has 5 aliphatic rings. The van der Waals surface area contributed by atoms with E-state index in [0.717, 1.165) is 238 Å². The molecule has 10 heterocycles. The zero-order valence-electron chi connectivity index (χ0n) is 63.1. The molecule has 6 aromatic carbocycles. The van der Waals surface area contributed by atoms with Crippen LogP contribution in [0, 0.1) is 12.7 Å². The van der Waals surface area contributed by atoms with Crippen molar-refractivity contribution < 1.29 is 24.8 Å². The Balaban J connectivity index is 0.000000127. The van der Waals surface area contributed by atoms with Crippen molar-refractivity contribution in [3.05, 3.63) is 271 Å². The number of fused-ring (bicyclic) bond motifs is 5. The van der Waals surface area contributed by atoms with Crippen molar-refractivity contribution in [3.8, 4) is 0 Å². The van der Waals surface area contributed by atoms with E-state index in [1.165, 1.54) is 45.5 Å². The van der Waals surface area contributed by atoms with Crippen LogP contribution in [0.25, 0.3) is 59.4 Å². The Bertz CT molecular complexity index is 5040. The van der Waals surface area contributed by atoms with Crippen LogP contribution in [0.4, 0.5) is 4.39 Å². The molecule has 0 saturated carbocycles. The number of hydrogen-bond donors (Lipinski definition) is 9. The van der Waals surface area contributed by atoms with E-state index in [2.05, 4.69) is 107 Å². The SMILES string of the molecule is CCc1[nH]c(=O)c2ccccc2c1CN1CCC[C@@H]1CO.CCc1[nH]c(=O)c2ccccc2c1CN1CCC[C@H]1CO.CCc1[nH]c(=O)c2ccccc2c1CN1CC[C@@H](O)C1.CCc1[nH]c(=O)c2ccccc2c1CN1CC[C@H](O)C1.Cc1[nH]c(=O)c2cc(F)ccc2c1CN1CC=C(c2ccccc2)CC1. The molecule has 4 atom stereocenters. The van der Waals surface area contributed by atoms with Crippen molar-refractivity contribution in [2.45, 2.75) is 162 Å². The Labute approximate surface area is 629 Å². The second kappa shape index (κ2) is 36.7. The normalized spacial score (nSPS) is 18.6. The predicted molar refractivity (Wildman–Crippen MR) is 432 cm³/mol. The van der Waals surface area contributed by atoms with Crippen LogP contribution in [0.5, 0.6) is 0 Å². The Kier molecular flexibility index (Phi) is 26.6. The molecule has 0 unspecified atom stereocenters. The van der Waals surface area contributed by atoms with Crippen LogP contribution in [0.15, 0.2) is 176 Å². The minimum Gasteiger partial charge on any atom is -0.395 e. The molecule has 4 saturated heterocycles. The molecule has 0 aliphatic carbocycles. The monoisotopic (exact) mass is 1460 g/mol. The van der Waals surface area contributed by atoms with Crippen molar-refractivity contribution in [2.24, 2.45) is 0 Å². The van der Waals surface area contributed by atoms with Gasteiger partial charge in [0.05, 0.1) is 30.8 Å². The first kappa shape index (κ1) is 78.3. The van der Waals surface area contributed by atoms with Gasteiger partial charge in [-0.05, 0) is 193 Å². The molecule has 0 amide bonds. The molecule has 5 aliphatic heterocycles. The van der Waals surface area contributed by atoms with Crippen LogP contribution in [0.1, 0.15) is 134 Å². The summed E-state index contributed by atoms with van der Waals surface area (Å²) in [5.74, 6) is -0.383. The topological polar surface area (TPSA) is 261 Å². The molecule has 0 radical (unpaired) electrons. The van der Waals surface area contributed by atoms with Crippen molar-refractivity contribution in [3.63, 3.8) is 0 Å². The number of nitrogens with zero attached hydrogens (tertiary/aromatic N) is 5. The lowest BCUT2D eigenvalue weighted by atomic mass is 9.98. The Morgan fingerprint density at radius 2 is 0.759 bits per heavy atom. The Morgan fingerprint density at radius 1 is 0.398 bits per heavy atom. The summed E-state index contributed by atoms with van der Waals surface area (Å²) in [5.41, 5.74) is 13.2. The predicted octanol–water partition coefficient (Wildman–Crippen LogP) is 11.7. The van der Waals surface area contributed by atoms with Crippen molar-refractivity contribution >= 4 is 59.4 Å². The number of benzene rings is 6. The lowest BCUT2D eigenvalue weighted by Gasteiger charge is -2.27.